The van der Waals surface area contributed by atoms with Crippen LogP contribution in [0.4, 0.5) is 0 Å². The summed E-state index contributed by atoms with van der Waals surface area (Å²) in [6, 6.07) is 0. The molecule has 5 nitrogen and oxygen atoms in total. The van der Waals surface area contributed by atoms with E-state index < -0.39 is 0 Å². The van der Waals surface area contributed by atoms with E-state index in [2.05, 4.69) is 14.6 Å². The van der Waals surface area contributed by atoms with E-state index in [9.17, 15) is 0 Å². The van der Waals surface area contributed by atoms with Gasteiger partial charge in [-0.05, 0) is 13.8 Å². The molecule has 1 aromatic rings. The van der Waals surface area contributed by atoms with Gasteiger partial charge >= 0.3 is 0 Å². The Hall–Kier alpha value is -0.910. The third kappa shape index (κ3) is 17.1. The summed E-state index contributed by atoms with van der Waals surface area (Å²) in [6.07, 6.45) is 0.884. The quantitative estimate of drug-likeness (QED) is 0.485. The van der Waals surface area contributed by atoms with Crippen molar-refractivity contribution < 1.29 is 19.3 Å². The van der Waals surface area contributed by atoms with Crippen LogP contribution in [0.5, 0.6) is 0 Å². The van der Waals surface area contributed by atoms with Gasteiger partial charge in [0.15, 0.2) is 5.89 Å². The van der Waals surface area contributed by atoms with Crippen LogP contribution in [0.25, 0.3) is 0 Å². The number of rotatable bonds is 4. The first-order chi connectivity index (χ1) is 8.15. The van der Waals surface area contributed by atoms with Crippen molar-refractivity contribution in [3.8, 4) is 0 Å². The molecule has 1 rings (SSSR count). The average molecular weight is 295 g/mol. The maximum Gasteiger partial charge on any atom is 0.194 e. The summed E-state index contributed by atoms with van der Waals surface area (Å²) in [4.78, 5) is 7.82. The molecule has 5 heteroatoms. The van der Waals surface area contributed by atoms with Gasteiger partial charge < -0.3 is 9.15 Å². The summed E-state index contributed by atoms with van der Waals surface area (Å²) >= 11 is 0. The highest BCUT2D eigenvalue weighted by Gasteiger charge is 2.00. The zero-order chi connectivity index (χ0) is 13.7. The molecule has 1 aromatic heterocycles. The zero-order valence-electron chi connectivity index (χ0n) is 11.7. The second kappa shape index (κ2) is 23.2. The van der Waals surface area contributed by atoms with Crippen molar-refractivity contribution in [1.29, 1.82) is 0 Å². The van der Waals surface area contributed by atoms with E-state index in [0.29, 0.717) is 6.61 Å². The standard InChI is InChI=1S/C7H11NO.C3H8O3.C2H6.3CH4/c1-4-7-8-5(2)6(3)9-7;1-5-2-3-6-4;1-2;;;/h4H2,1-3H3;4H,2-3H2,1H3;1-2H3;3*1H4. The van der Waals surface area contributed by atoms with Gasteiger partial charge in [0.2, 0.25) is 0 Å². The molecular weight excluding hydrogens is 258 g/mol. The summed E-state index contributed by atoms with van der Waals surface area (Å²) in [7, 11) is 1.54. The van der Waals surface area contributed by atoms with Gasteiger partial charge in [-0.1, -0.05) is 43.1 Å². The van der Waals surface area contributed by atoms with Gasteiger partial charge in [-0.15, -0.1) is 0 Å². The molecule has 0 amide bonds. The zero-order valence-corrected chi connectivity index (χ0v) is 11.7. The highest BCUT2D eigenvalue weighted by atomic mass is 17.1. The van der Waals surface area contributed by atoms with Gasteiger partial charge in [-0.25, -0.2) is 9.87 Å². The van der Waals surface area contributed by atoms with E-state index in [1.54, 1.807) is 7.11 Å². The van der Waals surface area contributed by atoms with Crippen molar-refractivity contribution in [2.24, 2.45) is 0 Å². The highest BCUT2D eigenvalue weighted by molar-refractivity contribution is 5.04. The number of ether oxygens (including phenoxy) is 1. The molecule has 0 radical (unpaired) electrons. The molecule has 0 saturated heterocycles. The van der Waals surface area contributed by atoms with Crippen LogP contribution < -0.4 is 0 Å². The first-order valence-corrected chi connectivity index (χ1v) is 5.83. The third-order valence-corrected chi connectivity index (χ3v) is 1.75. The van der Waals surface area contributed by atoms with E-state index in [-0.39, 0.29) is 28.9 Å². The summed E-state index contributed by atoms with van der Waals surface area (Å²) < 4.78 is 9.75. The van der Waals surface area contributed by atoms with Gasteiger partial charge in [0.05, 0.1) is 12.3 Å². The number of hydrogen-bond acceptors (Lipinski definition) is 5. The van der Waals surface area contributed by atoms with Crippen LogP contribution in [0.15, 0.2) is 4.42 Å². The molecule has 0 fully saturated rings. The predicted molar refractivity (Wildman–Crippen MR) is 87.4 cm³/mol. The molecule has 0 aliphatic rings. The van der Waals surface area contributed by atoms with Gasteiger partial charge in [0, 0.05) is 13.5 Å². The number of methoxy groups -OCH3 is 1. The lowest BCUT2D eigenvalue weighted by molar-refractivity contribution is -0.247. The molecule has 0 aromatic carbocycles. The molecule has 20 heavy (non-hydrogen) atoms. The number of aromatic nitrogens is 1. The van der Waals surface area contributed by atoms with Crippen LogP contribution in [-0.4, -0.2) is 30.6 Å². The summed E-state index contributed by atoms with van der Waals surface area (Å²) in [5.74, 6) is 1.77. The third-order valence-electron chi connectivity index (χ3n) is 1.75. The number of hydrogen-bond donors (Lipinski definition) is 1. The summed E-state index contributed by atoms with van der Waals surface area (Å²) in [6.45, 7) is 10.6. The van der Waals surface area contributed by atoms with Gasteiger partial charge in [0.25, 0.3) is 0 Å². The van der Waals surface area contributed by atoms with Crippen LogP contribution in [0.2, 0.25) is 0 Å². The lowest BCUT2D eigenvalue weighted by atomic mass is 10.4. The molecule has 0 aliphatic heterocycles. The highest BCUT2D eigenvalue weighted by Crippen LogP contribution is 2.07. The van der Waals surface area contributed by atoms with E-state index in [4.69, 9.17) is 9.67 Å². The van der Waals surface area contributed by atoms with Gasteiger partial charge in [-0.2, -0.15) is 0 Å². The van der Waals surface area contributed by atoms with Crippen LogP contribution >= 0.6 is 0 Å². The second-order valence-corrected chi connectivity index (χ2v) is 2.93. The minimum absolute atomic E-state index is 0. The molecule has 0 spiro atoms. The minimum Gasteiger partial charge on any atom is -0.446 e. The number of nitrogens with zero attached hydrogens (tertiary/aromatic N) is 1. The van der Waals surface area contributed by atoms with Crippen molar-refractivity contribution in [1.82, 2.24) is 4.98 Å². The van der Waals surface area contributed by atoms with Gasteiger partial charge in [0.1, 0.15) is 12.4 Å². The largest absolute Gasteiger partial charge is 0.446 e. The molecule has 1 heterocycles. The van der Waals surface area contributed by atoms with E-state index in [1.165, 1.54) is 0 Å². The monoisotopic (exact) mass is 295 g/mol. The normalized spacial score (nSPS) is 7.55. The van der Waals surface area contributed by atoms with Crippen LogP contribution in [-0.2, 0) is 16.0 Å². The number of oxazole rings is 1. The Morgan fingerprint density at radius 2 is 1.60 bits per heavy atom. The van der Waals surface area contributed by atoms with Crippen LogP contribution in [0.1, 0.15) is 60.4 Å². The predicted octanol–water partition coefficient (Wildman–Crippen LogP) is 4.91. The Bertz CT molecular complexity index is 239. The van der Waals surface area contributed by atoms with Crippen molar-refractivity contribution in [3.63, 3.8) is 0 Å². The van der Waals surface area contributed by atoms with Crippen LogP contribution in [0.3, 0.4) is 0 Å². The Labute approximate surface area is 126 Å². The Morgan fingerprint density at radius 3 is 1.75 bits per heavy atom. The average Bonchev–Trinajstić information content (AvgIpc) is 2.70. The number of aryl methyl sites for hydroxylation is 3. The maximum absolute atomic E-state index is 7.62. The molecule has 126 valence electrons. The molecule has 0 atom stereocenters. The van der Waals surface area contributed by atoms with Gasteiger partial charge in [-0.3, -0.25) is 5.26 Å². The van der Waals surface area contributed by atoms with E-state index in [0.717, 1.165) is 23.8 Å². The van der Waals surface area contributed by atoms with Crippen LogP contribution in [0, 0.1) is 13.8 Å². The lowest BCUT2D eigenvalue weighted by Crippen LogP contribution is -1.96. The lowest BCUT2D eigenvalue weighted by Gasteiger charge is -1.89. The van der Waals surface area contributed by atoms with Crippen molar-refractivity contribution >= 4 is 0 Å². The Kier molecular flexibility index (Phi) is 36.5. The fourth-order valence-electron chi connectivity index (χ4n) is 0.811. The molecule has 1 N–H and O–H groups in total. The van der Waals surface area contributed by atoms with Crippen molar-refractivity contribution in [2.45, 2.75) is 63.3 Å². The smallest absolute Gasteiger partial charge is 0.194 e. The molecule has 0 bridgehead atoms. The first-order valence-electron chi connectivity index (χ1n) is 5.83. The topological polar surface area (TPSA) is 64.7 Å². The van der Waals surface area contributed by atoms with Crippen molar-refractivity contribution in [2.75, 3.05) is 20.3 Å². The SMILES string of the molecule is C.C.C.CC.CCc1nc(C)c(C)o1.COCCOO. The summed E-state index contributed by atoms with van der Waals surface area (Å²) in [5, 5.41) is 7.62. The summed E-state index contributed by atoms with van der Waals surface area (Å²) in [5.41, 5.74) is 1.01. The fraction of sp³-hybridized carbons (Fsp3) is 0.800. The minimum atomic E-state index is 0. The first kappa shape index (κ1) is 31.5. The Morgan fingerprint density at radius 1 is 1.10 bits per heavy atom. The molecular formula is C15H37NO4. The molecule has 0 saturated carbocycles. The second-order valence-electron chi connectivity index (χ2n) is 2.93. The Balaban J connectivity index is -0.0000000615. The maximum atomic E-state index is 7.62. The van der Waals surface area contributed by atoms with E-state index in [1.807, 2.05) is 34.6 Å². The fourth-order valence-corrected chi connectivity index (χ4v) is 0.811. The molecule has 0 unspecified atom stereocenters. The van der Waals surface area contributed by atoms with E-state index >= 15 is 0 Å². The van der Waals surface area contributed by atoms with Crippen molar-refractivity contribution in [3.05, 3.63) is 17.3 Å². The molecule has 0 aliphatic carbocycles.